The van der Waals surface area contributed by atoms with Gasteiger partial charge in [-0.25, -0.2) is 13.1 Å². The highest BCUT2D eigenvalue weighted by Gasteiger charge is 2.42. The highest BCUT2D eigenvalue weighted by molar-refractivity contribution is 7.95. The van der Waals surface area contributed by atoms with E-state index in [1.54, 1.807) is 24.3 Å². The van der Waals surface area contributed by atoms with Crippen molar-refractivity contribution in [3.05, 3.63) is 90.0 Å². The third kappa shape index (κ3) is 3.42. The van der Waals surface area contributed by atoms with Crippen LogP contribution in [0.15, 0.2) is 72.8 Å². The fourth-order valence-corrected chi connectivity index (χ4v) is 5.47. The lowest BCUT2D eigenvalue weighted by Crippen LogP contribution is -2.37. The molecule has 156 valence electrons. The number of hydrogen-bond donors (Lipinski definition) is 1. The van der Waals surface area contributed by atoms with Gasteiger partial charge in [-0.1, -0.05) is 48.5 Å². The molecule has 0 aromatic heterocycles. The zero-order valence-electron chi connectivity index (χ0n) is 16.3. The Bertz CT molecular complexity index is 1160. The minimum atomic E-state index is -4.13. The van der Waals surface area contributed by atoms with E-state index in [1.165, 1.54) is 16.4 Å². The second kappa shape index (κ2) is 8.04. The van der Waals surface area contributed by atoms with Gasteiger partial charge in [0, 0.05) is 12.6 Å². The predicted octanol–water partition coefficient (Wildman–Crippen LogP) is 4.52. The first-order valence-electron chi connectivity index (χ1n) is 9.53. The molecule has 30 heavy (non-hydrogen) atoms. The molecule has 0 spiro atoms. The third-order valence-corrected chi connectivity index (χ3v) is 6.99. The highest BCUT2D eigenvalue weighted by Crippen LogP contribution is 2.46. The highest BCUT2D eigenvalue weighted by atomic mass is 32.2. The van der Waals surface area contributed by atoms with Gasteiger partial charge in [-0.2, -0.15) is 8.42 Å². The molecule has 5 nitrogen and oxygen atoms in total. The molecular weight excluding hydrogens is 408 g/mol. The van der Waals surface area contributed by atoms with Crippen LogP contribution in [-0.4, -0.2) is 22.0 Å². The zero-order valence-corrected chi connectivity index (χ0v) is 17.1. The lowest BCUT2D eigenvalue weighted by molar-refractivity contribution is 0.510. The lowest BCUT2D eigenvalue weighted by atomic mass is 10.0. The number of benzene rings is 3. The summed E-state index contributed by atoms with van der Waals surface area (Å²) in [5.41, 5.74) is 1.43. The Balaban J connectivity index is 1.70. The summed E-state index contributed by atoms with van der Waals surface area (Å²) in [7, 11) is -2.32. The Morgan fingerprint density at radius 1 is 0.867 bits per heavy atom. The van der Waals surface area contributed by atoms with Gasteiger partial charge in [0.05, 0.1) is 17.1 Å². The van der Waals surface area contributed by atoms with Gasteiger partial charge < -0.3 is 5.32 Å². The first-order chi connectivity index (χ1) is 14.4. The van der Waals surface area contributed by atoms with Gasteiger partial charge in [-0.15, -0.1) is 0 Å². The van der Waals surface area contributed by atoms with Crippen molar-refractivity contribution in [1.29, 1.82) is 0 Å². The number of nitrogens with zero attached hydrogens (tertiary/aromatic N) is 2. The van der Waals surface area contributed by atoms with Crippen molar-refractivity contribution < 1.29 is 17.2 Å². The number of anilines is 3. The third-order valence-electron chi connectivity index (χ3n) is 5.20. The second-order valence-corrected chi connectivity index (χ2v) is 8.65. The predicted molar refractivity (Wildman–Crippen MR) is 114 cm³/mol. The number of halogens is 2. The molecular formula is C22H21F2N3O2S. The van der Waals surface area contributed by atoms with Gasteiger partial charge in [0.25, 0.3) is 0 Å². The summed E-state index contributed by atoms with van der Waals surface area (Å²) < 4.78 is 57.2. The molecule has 1 unspecified atom stereocenters. The first-order valence-corrected chi connectivity index (χ1v) is 10.9. The van der Waals surface area contributed by atoms with E-state index in [9.17, 15) is 17.2 Å². The van der Waals surface area contributed by atoms with Gasteiger partial charge in [-0.05, 0) is 43.3 Å². The van der Waals surface area contributed by atoms with Crippen LogP contribution < -0.4 is 13.9 Å². The fourth-order valence-electron chi connectivity index (χ4n) is 3.74. The van der Waals surface area contributed by atoms with E-state index >= 15 is 0 Å². The van der Waals surface area contributed by atoms with E-state index in [2.05, 4.69) is 5.32 Å². The van der Waals surface area contributed by atoms with Crippen molar-refractivity contribution in [3.63, 3.8) is 0 Å². The molecule has 4 rings (SSSR count). The number of rotatable bonds is 6. The smallest absolute Gasteiger partial charge is 0.313 e. The van der Waals surface area contributed by atoms with Gasteiger partial charge >= 0.3 is 10.2 Å². The summed E-state index contributed by atoms with van der Waals surface area (Å²) in [6, 6.07) is 19.8. The summed E-state index contributed by atoms with van der Waals surface area (Å²) in [5.74, 6) is -2.30. The first kappa shape index (κ1) is 20.3. The molecule has 0 saturated carbocycles. The summed E-state index contributed by atoms with van der Waals surface area (Å²) in [5, 5.41) is 3.21. The maximum Gasteiger partial charge on any atom is 0.331 e. The van der Waals surface area contributed by atoms with Crippen molar-refractivity contribution in [2.75, 3.05) is 22.2 Å². The molecule has 0 aliphatic carbocycles. The fraction of sp³-hybridized carbons (Fsp3) is 0.182. The molecule has 1 aliphatic rings. The molecule has 0 amide bonds. The Morgan fingerprint density at radius 3 is 2.20 bits per heavy atom. The minimum Gasteiger partial charge on any atom is -0.313 e. The Morgan fingerprint density at radius 2 is 1.50 bits per heavy atom. The van der Waals surface area contributed by atoms with E-state index in [0.717, 1.165) is 15.9 Å². The van der Waals surface area contributed by atoms with Gasteiger partial charge in [0.1, 0.15) is 0 Å². The van der Waals surface area contributed by atoms with Crippen LogP contribution >= 0.6 is 0 Å². The molecule has 3 aromatic carbocycles. The zero-order chi connectivity index (χ0) is 21.3. The van der Waals surface area contributed by atoms with Gasteiger partial charge in [0.2, 0.25) is 0 Å². The van der Waals surface area contributed by atoms with Crippen molar-refractivity contribution in [1.82, 2.24) is 5.32 Å². The van der Waals surface area contributed by atoms with Crippen molar-refractivity contribution in [2.45, 2.75) is 12.5 Å². The van der Waals surface area contributed by atoms with E-state index in [1.807, 2.05) is 37.4 Å². The molecule has 1 heterocycles. The largest absolute Gasteiger partial charge is 0.331 e. The summed E-state index contributed by atoms with van der Waals surface area (Å²) in [6.07, 6.45) is 0.494. The van der Waals surface area contributed by atoms with Crippen LogP contribution in [0.3, 0.4) is 0 Å². The summed E-state index contributed by atoms with van der Waals surface area (Å²) >= 11 is 0. The molecule has 1 N–H and O–H groups in total. The van der Waals surface area contributed by atoms with Gasteiger partial charge in [-0.3, -0.25) is 4.31 Å². The normalized spacial score (nSPS) is 15.8. The molecule has 3 aromatic rings. The number of nitrogens with one attached hydrogen (secondary N) is 1. The molecule has 8 heteroatoms. The second-order valence-electron chi connectivity index (χ2n) is 6.95. The van der Waals surface area contributed by atoms with E-state index in [0.29, 0.717) is 17.8 Å². The van der Waals surface area contributed by atoms with Gasteiger partial charge in [0.15, 0.2) is 11.6 Å². The topological polar surface area (TPSA) is 52.6 Å². The maximum absolute atomic E-state index is 14.5. The molecule has 0 saturated heterocycles. The minimum absolute atomic E-state index is 0.0616. The SMILES string of the molecule is CNC(CCN1c2ccccc2N(c2cccc(F)c2F)S1(=O)=O)c1ccccc1. The lowest BCUT2D eigenvalue weighted by Gasteiger charge is -2.24. The average Bonchev–Trinajstić information content (AvgIpc) is 2.97. The Labute approximate surface area is 174 Å². The van der Waals surface area contributed by atoms with Crippen LogP contribution in [0.25, 0.3) is 0 Å². The monoisotopic (exact) mass is 429 g/mol. The quantitative estimate of drug-likeness (QED) is 0.627. The van der Waals surface area contributed by atoms with Crippen molar-refractivity contribution >= 4 is 27.3 Å². The number of para-hydroxylation sites is 2. The van der Waals surface area contributed by atoms with Crippen LogP contribution in [0.5, 0.6) is 0 Å². The summed E-state index contributed by atoms with van der Waals surface area (Å²) in [4.78, 5) is 0. The van der Waals surface area contributed by atoms with Crippen LogP contribution in [0.1, 0.15) is 18.0 Å². The van der Waals surface area contributed by atoms with E-state index in [-0.39, 0.29) is 18.3 Å². The van der Waals surface area contributed by atoms with Crippen LogP contribution in [-0.2, 0) is 10.2 Å². The van der Waals surface area contributed by atoms with E-state index < -0.39 is 21.8 Å². The van der Waals surface area contributed by atoms with Crippen molar-refractivity contribution in [3.8, 4) is 0 Å². The molecule has 1 atom stereocenters. The number of hydrogen-bond acceptors (Lipinski definition) is 3. The Kier molecular flexibility index (Phi) is 5.44. The van der Waals surface area contributed by atoms with Crippen molar-refractivity contribution in [2.24, 2.45) is 0 Å². The van der Waals surface area contributed by atoms with Crippen LogP contribution in [0.2, 0.25) is 0 Å². The number of fused-ring (bicyclic) bond motifs is 1. The molecule has 1 aliphatic heterocycles. The standard InChI is InChI=1S/C22H21F2N3O2S/c1-25-18(16-8-3-2-4-9-16)14-15-26-19-11-5-6-12-20(19)27(30(26,28)29)21-13-7-10-17(23)22(21)24/h2-13,18,25H,14-15H2,1H3. The summed E-state index contributed by atoms with van der Waals surface area (Å²) in [6.45, 7) is 0.174. The molecule has 0 fully saturated rings. The maximum atomic E-state index is 14.5. The molecule has 0 bridgehead atoms. The molecule has 0 radical (unpaired) electrons. The Hall–Kier alpha value is -2.97. The average molecular weight is 429 g/mol. The van der Waals surface area contributed by atoms with Crippen LogP contribution in [0, 0.1) is 11.6 Å². The van der Waals surface area contributed by atoms with E-state index in [4.69, 9.17) is 0 Å². The van der Waals surface area contributed by atoms with Crippen LogP contribution in [0.4, 0.5) is 25.8 Å².